The number of hydrogen-bond donors (Lipinski definition) is 1. The SMILES string of the molecule is Cc1c(CCC(=O)O)cc(F)c(OCc2c(-c3ccc(Cl)cc3)nsc2CF)c1F. The molecule has 0 aliphatic heterocycles. The van der Waals surface area contributed by atoms with Crippen molar-refractivity contribution in [3.05, 3.63) is 68.6 Å². The van der Waals surface area contributed by atoms with Crippen molar-refractivity contribution in [3.63, 3.8) is 0 Å². The molecule has 0 saturated heterocycles. The molecule has 9 heteroatoms. The summed E-state index contributed by atoms with van der Waals surface area (Å²) in [4.78, 5) is 11.0. The zero-order valence-corrected chi connectivity index (χ0v) is 17.4. The van der Waals surface area contributed by atoms with Crippen molar-refractivity contribution >= 4 is 29.1 Å². The zero-order valence-electron chi connectivity index (χ0n) is 15.8. The van der Waals surface area contributed by atoms with Crippen LogP contribution >= 0.6 is 23.1 Å². The Kier molecular flexibility index (Phi) is 6.99. The van der Waals surface area contributed by atoms with Crippen molar-refractivity contribution in [2.75, 3.05) is 0 Å². The maximum Gasteiger partial charge on any atom is 0.303 e. The van der Waals surface area contributed by atoms with Gasteiger partial charge >= 0.3 is 5.97 Å². The first-order valence-electron chi connectivity index (χ1n) is 8.93. The highest BCUT2D eigenvalue weighted by atomic mass is 35.5. The third kappa shape index (κ3) is 4.76. The monoisotopic (exact) mass is 455 g/mol. The van der Waals surface area contributed by atoms with Crippen molar-refractivity contribution in [2.45, 2.75) is 33.0 Å². The second-order valence-electron chi connectivity index (χ2n) is 6.54. The summed E-state index contributed by atoms with van der Waals surface area (Å²) in [5.74, 6) is -3.51. The summed E-state index contributed by atoms with van der Waals surface area (Å²) in [5.41, 5.74) is 1.90. The van der Waals surface area contributed by atoms with E-state index in [1.54, 1.807) is 24.3 Å². The number of hydrogen-bond acceptors (Lipinski definition) is 4. The van der Waals surface area contributed by atoms with Gasteiger partial charge in [0.15, 0.2) is 17.4 Å². The van der Waals surface area contributed by atoms with E-state index in [0.29, 0.717) is 26.7 Å². The predicted octanol–water partition coefficient (Wildman–Crippen LogP) is 6.12. The fourth-order valence-electron chi connectivity index (χ4n) is 2.95. The number of halogens is 4. The summed E-state index contributed by atoms with van der Waals surface area (Å²) in [6.45, 7) is 0.356. The highest BCUT2D eigenvalue weighted by molar-refractivity contribution is 7.06. The molecule has 0 amide bonds. The standard InChI is InChI=1S/C21H17ClF3NO3S/c1-11-13(4-7-18(27)28)8-16(24)21(19(11)25)29-10-15-17(9-23)30-26-20(15)12-2-5-14(22)6-3-12/h2-3,5-6,8H,4,7,9-10H2,1H3,(H,27,28). The van der Waals surface area contributed by atoms with Crippen LogP contribution in [-0.4, -0.2) is 15.4 Å². The number of aromatic nitrogens is 1. The number of ether oxygens (including phenoxy) is 1. The van der Waals surface area contributed by atoms with Gasteiger partial charge in [-0.15, -0.1) is 0 Å². The van der Waals surface area contributed by atoms with E-state index in [-0.39, 0.29) is 30.6 Å². The first-order valence-corrected chi connectivity index (χ1v) is 10.1. The van der Waals surface area contributed by atoms with E-state index in [1.807, 2.05) is 0 Å². The number of alkyl halides is 1. The van der Waals surface area contributed by atoms with Crippen LogP contribution in [0.4, 0.5) is 13.2 Å². The topological polar surface area (TPSA) is 59.4 Å². The van der Waals surface area contributed by atoms with Crippen LogP contribution in [0.2, 0.25) is 5.02 Å². The van der Waals surface area contributed by atoms with Crippen molar-refractivity contribution in [2.24, 2.45) is 0 Å². The molecule has 0 aliphatic rings. The molecule has 2 aromatic carbocycles. The molecule has 0 radical (unpaired) electrons. The zero-order chi connectivity index (χ0) is 21.8. The Hall–Kier alpha value is -2.58. The number of nitrogens with zero attached hydrogens (tertiary/aromatic N) is 1. The third-order valence-corrected chi connectivity index (χ3v) is 5.71. The summed E-state index contributed by atoms with van der Waals surface area (Å²) in [6, 6.07) is 7.82. The molecule has 3 rings (SSSR count). The van der Waals surface area contributed by atoms with Gasteiger partial charge in [0.05, 0.1) is 10.6 Å². The maximum absolute atomic E-state index is 14.7. The highest BCUT2D eigenvalue weighted by Crippen LogP contribution is 2.33. The Morgan fingerprint density at radius 1 is 1.27 bits per heavy atom. The van der Waals surface area contributed by atoms with E-state index in [9.17, 15) is 18.0 Å². The van der Waals surface area contributed by atoms with Crippen molar-refractivity contribution < 1.29 is 27.8 Å². The number of carbonyl (C=O) groups is 1. The Morgan fingerprint density at radius 2 is 1.97 bits per heavy atom. The fourth-order valence-corrected chi connectivity index (χ4v) is 3.81. The van der Waals surface area contributed by atoms with Crippen LogP contribution in [0.1, 0.15) is 28.0 Å². The molecule has 0 aliphatic carbocycles. The average molecular weight is 456 g/mol. The second-order valence-corrected chi connectivity index (χ2v) is 7.84. The van der Waals surface area contributed by atoms with E-state index >= 15 is 0 Å². The Bertz CT molecular complexity index is 1070. The number of aliphatic carboxylic acids is 1. The number of benzene rings is 2. The molecule has 1 N–H and O–H groups in total. The lowest BCUT2D eigenvalue weighted by Gasteiger charge is -2.14. The van der Waals surface area contributed by atoms with Crippen molar-refractivity contribution in [1.82, 2.24) is 4.37 Å². The van der Waals surface area contributed by atoms with Gasteiger partial charge in [-0.05, 0) is 54.2 Å². The normalized spacial score (nSPS) is 11.0. The molecule has 158 valence electrons. The number of rotatable bonds is 8. The van der Waals surface area contributed by atoms with Gasteiger partial charge in [-0.2, -0.15) is 4.37 Å². The van der Waals surface area contributed by atoms with Crippen LogP contribution in [0.3, 0.4) is 0 Å². The van der Waals surface area contributed by atoms with Crippen molar-refractivity contribution in [1.29, 1.82) is 0 Å². The van der Waals surface area contributed by atoms with E-state index in [1.165, 1.54) is 6.92 Å². The first-order chi connectivity index (χ1) is 14.3. The lowest BCUT2D eigenvalue weighted by atomic mass is 10.0. The van der Waals surface area contributed by atoms with Crippen LogP contribution in [-0.2, 0) is 24.5 Å². The van der Waals surface area contributed by atoms with Gasteiger partial charge in [-0.1, -0.05) is 23.7 Å². The fraction of sp³-hybridized carbons (Fsp3) is 0.238. The summed E-state index contributed by atoms with van der Waals surface area (Å²) < 4.78 is 52.3. The van der Waals surface area contributed by atoms with Crippen molar-refractivity contribution in [3.8, 4) is 17.0 Å². The first kappa shape index (κ1) is 22.1. The van der Waals surface area contributed by atoms with Gasteiger partial charge in [-0.25, -0.2) is 13.2 Å². The van der Waals surface area contributed by atoms with Crippen LogP contribution in [0.5, 0.6) is 5.75 Å². The number of aryl methyl sites for hydroxylation is 1. The minimum atomic E-state index is -1.06. The molecule has 1 aromatic heterocycles. The summed E-state index contributed by atoms with van der Waals surface area (Å²) in [6.07, 6.45) is -0.249. The summed E-state index contributed by atoms with van der Waals surface area (Å²) >= 11 is 6.85. The smallest absolute Gasteiger partial charge is 0.303 e. The molecular weight excluding hydrogens is 439 g/mol. The Morgan fingerprint density at radius 3 is 2.60 bits per heavy atom. The summed E-state index contributed by atoms with van der Waals surface area (Å²) in [7, 11) is 0. The molecule has 0 atom stereocenters. The molecule has 0 fully saturated rings. The average Bonchev–Trinajstić information content (AvgIpc) is 3.13. The molecule has 3 aromatic rings. The quantitative estimate of drug-likeness (QED) is 0.445. The van der Waals surface area contributed by atoms with Gasteiger partial charge in [-0.3, -0.25) is 4.79 Å². The maximum atomic E-state index is 14.7. The highest BCUT2D eigenvalue weighted by Gasteiger charge is 2.21. The molecule has 4 nitrogen and oxygen atoms in total. The van der Waals surface area contributed by atoms with Gasteiger partial charge < -0.3 is 9.84 Å². The number of carboxylic acids is 1. The second kappa shape index (κ2) is 9.49. The van der Waals surface area contributed by atoms with Crippen LogP contribution in [0.25, 0.3) is 11.3 Å². The molecule has 30 heavy (non-hydrogen) atoms. The third-order valence-electron chi connectivity index (χ3n) is 4.61. The molecule has 0 saturated carbocycles. The summed E-state index contributed by atoms with van der Waals surface area (Å²) in [5, 5.41) is 9.31. The molecule has 0 bridgehead atoms. The molecule has 0 spiro atoms. The van der Waals surface area contributed by atoms with E-state index in [0.717, 1.165) is 17.6 Å². The van der Waals surface area contributed by atoms with E-state index in [2.05, 4.69) is 4.37 Å². The molecule has 1 heterocycles. The molecule has 0 unspecified atom stereocenters. The van der Waals surface area contributed by atoms with Gasteiger partial charge in [0, 0.05) is 22.6 Å². The minimum Gasteiger partial charge on any atom is -0.483 e. The van der Waals surface area contributed by atoms with Gasteiger partial charge in [0.1, 0.15) is 13.3 Å². The molecular formula is C21H17ClF3NO3S. The predicted molar refractivity (Wildman–Crippen MR) is 109 cm³/mol. The lowest BCUT2D eigenvalue weighted by molar-refractivity contribution is -0.136. The van der Waals surface area contributed by atoms with Crippen LogP contribution < -0.4 is 4.74 Å². The Labute approximate surface area is 180 Å². The van der Waals surface area contributed by atoms with Gasteiger partial charge in [0.2, 0.25) is 0 Å². The van der Waals surface area contributed by atoms with E-state index in [4.69, 9.17) is 21.4 Å². The van der Waals surface area contributed by atoms with Crippen LogP contribution in [0, 0.1) is 18.6 Å². The lowest BCUT2D eigenvalue weighted by Crippen LogP contribution is -2.06. The van der Waals surface area contributed by atoms with Crippen LogP contribution in [0.15, 0.2) is 30.3 Å². The minimum absolute atomic E-state index is 0.00352. The van der Waals surface area contributed by atoms with E-state index < -0.39 is 30.0 Å². The largest absolute Gasteiger partial charge is 0.483 e. The Balaban J connectivity index is 1.88. The van der Waals surface area contributed by atoms with Gasteiger partial charge in [0.25, 0.3) is 0 Å². The number of carboxylic acid groups (broad SMARTS) is 1.